The summed E-state index contributed by atoms with van der Waals surface area (Å²) in [5.41, 5.74) is 1.47. The summed E-state index contributed by atoms with van der Waals surface area (Å²) >= 11 is 3.44. The van der Waals surface area contributed by atoms with Crippen LogP contribution in [-0.2, 0) is 16.4 Å². The van der Waals surface area contributed by atoms with Crippen LogP contribution in [0.25, 0.3) is 0 Å². The minimum Gasteiger partial charge on any atom is -0.497 e. The Hall–Kier alpha value is -1.86. The van der Waals surface area contributed by atoms with Crippen LogP contribution in [0, 0.1) is 0 Å². The van der Waals surface area contributed by atoms with E-state index in [4.69, 9.17) is 4.74 Å². The maximum absolute atomic E-state index is 13.1. The van der Waals surface area contributed by atoms with E-state index in [0.29, 0.717) is 24.3 Å². The number of amides is 1. The Bertz CT molecular complexity index is 896. The lowest BCUT2D eigenvalue weighted by molar-refractivity contribution is 0.0681. The molecule has 5 nitrogen and oxygen atoms in total. The highest BCUT2D eigenvalue weighted by Crippen LogP contribution is 2.24. The van der Waals surface area contributed by atoms with E-state index in [2.05, 4.69) is 15.9 Å². The van der Waals surface area contributed by atoms with Gasteiger partial charge in [-0.3, -0.25) is 4.79 Å². The molecule has 138 valence electrons. The Balaban J connectivity index is 1.89. The van der Waals surface area contributed by atoms with Crippen LogP contribution >= 0.6 is 15.9 Å². The van der Waals surface area contributed by atoms with E-state index in [-0.39, 0.29) is 23.5 Å². The van der Waals surface area contributed by atoms with Gasteiger partial charge in [0.15, 0.2) is 9.84 Å². The summed E-state index contributed by atoms with van der Waals surface area (Å²) in [6.07, 6.45) is 0.470. The molecule has 2 aromatic carbocycles. The third-order valence-corrected chi connectivity index (χ3v) is 6.73. The van der Waals surface area contributed by atoms with Crippen molar-refractivity contribution in [3.05, 3.63) is 64.1 Å². The first-order valence-electron chi connectivity index (χ1n) is 8.28. The summed E-state index contributed by atoms with van der Waals surface area (Å²) in [5.74, 6) is 0.643. The molecule has 1 aliphatic rings. The number of methoxy groups -OCH3 is 1. The third kappa shape index (κ3) is 4.45. The zero-order valence-corrected chi connectivity index (χ0v) is 16.8. The maximum Gasteiger partial charge on any atom is 0.254 e. The fourth-order valence-corrected chi connectivity index (χ4v) is 5.30. The maximum atomic E-state index is 13.1. The molecule has 7 heteroatoms. The summed E-state index contributed by atoms with van der Waals surface area (Å²) in [4.78, 5) is 14.8. The fraction of sp³-hybridized carbons (Fsp3) is 0.316. The van der Waals surface area contributed by atoms with Crippen LogP contribution in [0.1, 0.15) is 22.3 Å². The van der Waals surface area contributed by atoms with Gasteiger partial charge in [0.2, 0.25) is 0 Å². The molecule has 0 unspecified atom stereocenters. The van der Waals surface area contributed by atoms with Crippen molar-refractivity contribution in [1.82, 2.24) is 4.90 Å². The molecule has 26 heavy (non-hydrogen) atoms. The highest BCUT2D eigenvalue weighted by molar-refractivity contribution is 9.10. The van der Waals surface area contributed by atoms with Crippen LogP contribution in [0.3, 0.4) is 0 Å². The lowest BCUT2D eigenvalue weighted by Gasteiger charge is -2.28. The van der Waals surface area contributed by atoms with Gasteiger partial charge in [0.25, 0.3) is 5.91 Å². The van der Waals surface area contributed by atoms with Gasteiger partial charge in [-0.2, -0.15) is 0 Å². The minimum atomic E-state index is -3.09. The SMILES string of the molecule is COc1ccc(C(=O)N(Cc2cccc(Br)c2)[C@H]2CCS(=O)(=O)C2)cc1. The summed E-state index contributed by atoms with van der Waals surface area (Å²) in [6.45, 7) is 0.366. The second kappa shape index (κ2) is 7.80. The number of hydrogen-bond acceptors (Lipinski definition) is 4. The van der Waals surface area contributed by atoms with Crippen LogP contribution < -0.4 is 4.74 Å². The quantitative estimate of drug-likeness (QED) is 0.719. The van der Waals surface area contributed by atoms with E-state index in [0.717, 1.165) is 10.0 Å². The smallest absolute Gasteiger partial charge is 0.254 e. The molecule has 1 amide bonds. The van der Waals surface area contributed by atoms with Gasteiger partial charge < -0.3 is 9.64 Å². The van der Waals surface area contributed by atoms with E-state index < -0.39 is 9.84 Å². The van der Waals surface area contributed by atoms with Crippen molar-refractivity contribution in [2.24, 2.45) is 0 Å². The highest BCUT2D eigenvalue weighted by atomic mass is 79.9. The first-order chi connectivity index (χ1) is 12.4. The molecule has 0 radical (unpaired) electrons. The summed E-state index contributed by atoms with van der Waals surface area (Å²) in [5, 5.41) is 0. The molecule has 1 aliphatic heterocycles. The first-order valence-corrected chi connectivity index (χ1v) is 10.9. The Kier molecular flexibility index (Phi) is 5.67. The van der Waals surface area contributed by atoms with Crippen molar-refractivity contribution >= 4 is 31.7 Å². The molecule has 0 saturated carbocycles. The summed E-state index contributed by atoms with van der Waals surface area (Å²) < 4.78 is 29.9. The molecular weight excluding hydrogens is 418 g/mol. The van der Waals surface area contributed by atoms with Gasteiger partial charge in [0.1, 0.15) is 5.75 Å². The number of hydrogen-bond donors (Lipinski definition) is 0. The van der Waals surface area contributed by atoms with Crippen molar-refractivity contribution in [3.8, 4) is 5.75 Å². The molecule has 1 heterocycles. The van der Waals surface area contributed by atoms with Crippen LogP contribution in [0.15, 0.2) is 53.0 Å². The van der Waals surface area contributed by atoms with E-state index in [1.165, 1.54) is 0 Å². The second-order valence-electron chi connectivity index (χ2n) is 6.35. The van der Waals surface area contributed by atoms with Gasteiger partial charge in [0.05, 0.1) is 18.6 Å². The number of carbonyl (C=O) groups is 1. The van der Waals surface area contributed by atoms with Crippen molar-refractivity contribution < 1.29 is 17.9 Å². The largest absolute Gasteiger partial charge is 0.497 e. The Morgan fingerprint density at radius 2 is 1.96 bits per heavy atom. The number of sulfone groups is 1. The normalized spacial score (nSPS) is 18.5. The zero-order valence-electron chi connectivity index (χ0n) is 14.4. The van der Waals surface area contributed by atoms with Crippen LogP contribution in [0.2, 0.25) is 0 Å². The Morgan fingerprint density at radius 1 is 1.23 bits per heavy atom. The molecule has 0 bridgehead atoms. The van der Waals surface area contributed by atoms with Gasteiger partial charge in [-0.1, -0.05) is 28.1 Å². The van der Waals surface area contributed by atoms with Gasteiger partial charge >= 0.3 is 0 Å². The van der Waals surface area contributed by atoms with E-state index >= 15 is 0 Å². The number of nitrogens with zero attached hydrogens (tertiary/aromatic N) is 1. The van der Waals surface area contributed by atoms with Crippen molar-refractivity contribution in [2.45, 2.75) is 19.0 Å². The molecule has 1 fully saturated rings. The molecule has 1 saturated heterocycles. The van der Waals surface area contributed by atoms with Crippen molar-refractivity contribution in [3.63, 3.8) is 0 Å². The average molecular weight is 438 g/mol. The van der Waals surface area contributed by atoms with Gasteiger partial charge in [-0.15, -0.1) is 0 Å². The molecule has 0 N–H and O–H groups in total. The first kappa shape index (κ1) is 18.9. The van der Waals surface area contributed by atoms with Crippen LogP contribution in [0.5, 0.6) is 5.75 Å². The average Bonchev–Trinajstić information content (AvgIpc) is 2.99. The van der Waals surface area contributed by atoms with E-state index in [1.807, 2.05) is 24.3 Å². The number of halogens is 1. The number of carbonyl (C=O) groups excluding carboxylic acids is 1. The Labute approximate surface area is 162 Å². The number of rotatable bonds is 5. The second-order valence-corrected chi connectivity index (χ2v) is 9.49. The lowest BCUT2D eigenvalue weighted by Crippen LogP contribution is -2.40. The van der Waals surface area contributed by atoms with Gasteiger partial charge in [-0.05, 0) is 48.4 Å². The van der Waals surface area contributed by atoms with Crippen molar-refractivity contribution in [1.29, 1.82) is 0 Å². The van der Waals surface area contributed by atoms with Crippen molar-refractivity contribution in [2.75, 3.05) is 18.6 Å². The topological polar surface area (TPSA) is 63.7 Å². The number of benzene rings is 2. The predicted molar refractivity (Wildman–Crippen MR) is 104 cm³/mol. The molecule has 2 aromatic rings. The van der Waals surface area contributed by atoms with Gasteiger partial charge in [0, 0.05) is 22.6 Å². The van der Waals surface area contributed by atoms with Gasteiger partial charge in [-0.25, -0.2) is 8.42 Å². The fourth-order valence-electron chi connectivity index (χ4n) is 3.12. The minimum absolute atomic E-state index is 0.0168. The predicted octanol–water partition coefficient (Wildman–Crippen LogP) is 3.29. The molecule has 0 aliphatic carbocycles. The molecule has 1 atom stereocenters. The molecule has 3 rings (SSSR count). The van der Waals surface area contributed by atoms with E-state index in [9.17, 15) is 13.2 Å². The van der Waals surface area contributed by atoms with Crippen LogP contribution in [-0.4, -0.2) is 43.9 Å². The summed E-state index contributed by atoms with van der Waals surface area (Å²) in [7, 11) is -1.52. The zero-order chi connectivity index (χ0) is 18.7. The monoisotopic (exact) mass is 437 g/mol. The standard InChI is InChI=1S/C19H20BrNO4S/c1-25-18-7-5-15(6-8-18)19(22)21(17-9-10-26(23,24)13-17)12-14-3-2-4-16(20)11-14/h2-8,11,17H,9-10,12-13H2,1H3/t17-/m0/s1. The highest BCUT2D eigenvalue weighted by Gasteiger charge is 2.35. The van der Waals surface area contributed by atoms with Crippen LogP contribution in [0.4, 0.5) is 0 Å². The molecule has 0 spiro atoms. The molecular formula is C19H20BrNO4S. The Morgan fingerprint density at radius 3 is 2.54 bits per heavy atom. The number of ether oxygens (including phenoxy) is 1. The molecule has 0 aromatic heterocycles. The van der Waals surface area contributed by atoms with E-state index in [1.54, 1.807) is 36.3 Å². The third-order valence-electron chi connectivity index (χ3n) is 4.49. The lowest BCUT2D eigenvalue weighted by atomic mass is 10.1. The summed E-state index contributed by atoms with van der Waals surface area (Å²) in [6, 6.07) is 14.3.